The summed E-state index contributed by atoms with van der Waals surface area (Å²) in [5.41, 5.74) is 8.35. The van der Waals surface area contributed by atoms with Crippen molar-refractivity contribution in [2.45, 2.75) is 31.1 Å². The number of halogens is 2. The predicted molar refractivity (Wildman–Crippen MR) is 110 cm³/mol. The zero-order chi connectivity index (χ0) is 19.4. The number of nitrogens with one attached hydrogen (secondary N) is 3. The highest BCUT2D eigenvalue weighted by molar-refractivity contribution is 5.87. The van der Waals surface area contributed by atoms with Crippen molar-refractivity contribution in [3.05, 3.63) is 59.2 Å². The molecule has 2 unspecified atom stereocenters. The molecule has 0 radical (unpaired) electrons. The maximum atomic E-state index is 13.8. The molecule has 0 saturated heterocycles. The Balaban J connectivity index is 1.77. The number of hydrogen-bond donors (Lipinski definition) is 3. The molecule has 2 aromatic carbocycles. The van der Waals surface area contributed by atoms with E-state index in [9.17, 15) is 8.78 Å². The van der Waals surface area contributed by atoms with E-state index in [4.69, 9.17) is 0 Å². The first-order valence-electron chi connectivity index (χ1n) is 9.81. The number of benzene rings is 2. The zero-order valence-corrected chi connectivity index (χ0v) is 16.0. The number of aromatic amines is 1. The van der Waals surface area contributed by atoms with Crippen LogP contribution < -0.4 is 10.6 Å². The first kappa shape index (κ1) is 17.3. The Labute approximate surface area is 163 Å². The van der Waals surface area contributed by atoms with Gasteiger partial charge in [0.2, 0.25) is 0 Å². The molecule has 0 spiro atoms. The van der Waals surface area contributed by atoms with Gasteiger partial charge in [-0.2, -0.15) is 0 Å². The number of hydrogen-bond acceptors (Lipinski definition) is 2. The van der Waals surface area contributed by atoms with Crippen LogP contribution >= 0.6 is 0 Å². The summed E-state index contributed by atoms with van der Waals surface area (Å²) in [7, 11) is 3.63. The second-order valence-electron chi connectivity index (χ2n) is 7.79. The van der Waals surface area contributed by atoms with Gasteiger partial charge in [-0.05, 0) is 78.6 Å². The van der Waals surface area contributed by atoms with Gasteiger partial charge in [0.25, 0.3) is 0 Å². The Kier molecular flexibility index (Phi) is 3.93. The molecule has 0 aliphatic heterocycles. The molecule has 1 saturated carbocycles. The van der Waals surface area contributed by atoms with Gasteiger partial charge in [-0.3, -0.25) is 0 Å². The molecule has 3 nitrogen and oxygen atoms in total. The van der Waals surface area contributed by atoms with Gasteiger partial charge in [-0.1, -0.05) is 0 Å². The highest BCUT2D eigenvalue weighted by Crippen LogP contribution is 2.59. The lowest BCUT2D eigenvalue weighted by molar-refractivity contribution is 0.628. The number of aromatic nitrogens is 1. The van der Waals surface area contributed by atoms with E-state index in [1.807, 2.05) is 26.2 Å². The van der Waals surface area contributed by atoms with Crippen molar-refractivity contribution in [1.29, 1.82) is 0 Å². The molecule has 1 aromatic heterocycles. The third-order valence-electron chi connectivity index (χ3n) is 6.37. The average Bonchev–Trinajstić information content (AvgIpc) is 3.40. The standard InChI is InChI=1S/C23H23F2N3/c1-26-18-10-14(24)5-7-16(18)22-20-12-3-4-13(9-12)21(20)23(28-22)17-8-6-15(25)11-19(17)27-2/h5-8,10-13,26-28H,3-4,9H2,1-2H3. The molecule has 3 aromatic rings. The molecular formula is C23H23F2N3. The molecule has 3 N–H and O–H groups in total. The van der Waals surface area contributed by atoms with E-state index in [1.54, 1.807) is 0 Å². The summed E-state index contributed by atoms with van der Waals surface area (Å²) in [5, 5.41) is 6.25. The Bertz CT molecular complexity index is 988. The number of H-pyrrole nitrogens is 1. The van der Waals surface area contributed by atoms with Gasteiger partial charge in [0.15, 0.2) is 0 Å². The van der Waals surface area contributed by atoms with Crippen LogP contribution in [-0.4, -0.2) is 19.1 Å². The van der Waals surface area contributed by atoms with Crippen LogP contribution in [0.1, 0.15) is 42.2 Å². The van der Waals surface area contributed by atoms with Crippen molar-refractivity contribution in [2.75, 3.05) is 24.7 Å². The van der Waals surface area contributed by atoms with Crippen molar-refractivity contribution in [3.8, 4) is 22.5 Å². The van der Waals surface area contributed by atoms with Gasteiger partial charge >= 0.3 is 0 Å². The Morgan fingerprint density at radius 2 is 1.25 bits per heavy atom. The van der Waals surface area contributed by atoms with Crippen molar-refractivity contribution in [2.24, 2.45) is 0 Å². The summed E-state index contributed by atoms with van der Waals surface area (Å²) in [5.74, 6) is 0.560. The normalized spacial score (nSPS) is 19.7. The maximum absolute atomic E-state index is 13.8. The van der Waals surface area contributed by atoms with E-state index in [1.165, 1.54) is 54.7 Å². The fraction of sp³-hybridized carbons (Fsp3) is 0.304. The quantitative estimate of drug-likeness (QED) is 0.514. The van der Waals surface area contributed by atoms with Gasteiger partial charge in [0.1, 0.15) is 11.6 Å². The van der Waals surface area contributed by atoms with E-state index in [2.05, 4.69) is 15.6 Å². The molecule has 5 rings (SSSR count). The van der Waals surface area contributed by atoms with E-state index in [0.717, 1.165) is 33.9 Å². The van der Waals surface area contributed by atoms with Crippen molar-refractivity contribution < 1.29 is 8.78 Å². The smallest absolute Gasteiger partial charge is 0.125 e. The lowest BCUT2D eigenvalue weighted by atomic mass is 9.89. The van der Waals surface area contributed by atoms with Crippen LogP contribution in [0.3, 0.4) is 0 Å². The fourth-order valence-corrected chi connectivity index (χ4v) is 5.19. The highest BCUT2D eigenvalue weighted by Gasteiger charge is 2.42. The minimum absolute atomic E-state index is 0.256. The van der Waals surface area contributed by atoms with Gasteiger partial charge in [-0.15, -0.1) is 0 Å². The van der Waals surface area contributed by atoms with Crippen LogP contribution in [0.5, 0.6) is 0 Å². The summed E-state index contributed by atoms with van der Waals surface area (Å²) in [6.07, 6.45) is 3.56. The third kappa shape index (κ3) is 2.45. The van der Waals surface area contributed by atoms with Gasteiger partial charge in [0, 0.05) is 36.6 Å². The molecule has 144 valence electrons. The second kappa shape index (κ2) is 6.36. The minimum atomic E-state index is -0.256. The third-order valence-corrected chi connectivity index (χ3v) is 6.37. The molecule has 2 aliphatic carbocycles. The molecule has 1 heterocycles. The van der Waals surface area contributed by atoms with E-state index in [0.29, 0.717) is 11.8 Å². The summed E-state index contributed by atoms with van der Waals surface area (Å²) < 4.78 is 27.6. The summed E-state index contributed by atoms with van der Waals surface area (Å²) in [6, 6.07) is 9.76. The monoisotopic (exact) mass is 379 g/mol. The Morgan fingerprint density at radius 3 is 1.68 bits per heavy atom. The molecular weight excluding hydrogens is 356 g/mol. The van der Waals surface area contributed by atoms with Crippen LogP contribution in [0.4, 0.5) is 20.2 Å². The minimum Gasteiger partial charge on any atom is -0.387 e. The Hall–Kier alpha value is -2.82. The SMILES string of the molecule is CNc1cc(F)ccc1-c1[nH]c(-c2ccc(F)cc2NC)c2c1C1CCC2C1. The molecule has 0 amide bonds. The molecule has 1 fully saturated rings. The first-order chi connectivity index (χ1) is 13.6. The van der Waals surface area contributed by atoms with Crippen molar-refractivity contribution >= 4 is 11.4 Å². The molecule has 2 aliphatic rings. The average molecular weight is 379 g/mol. The second-order valence-corrected chi connectivity index (χ2v) is 7.79. The number of rotatable bonds is 4. The lowest BCUT2D eigenvalue weighted by Crippen LogP contribution is -1.99. The molecule has 5 heteroatoms. The van der Waals surface area contributed by atoms with Gasteiger partial charge in [0.05, 0.1) is 11.4 Å². The number of fused-ring (bicyclic) bond motifs is 5. The van der Waals surface area contributed by atoms with Gasteiger partial charge < -0.3 is 15.6 Å². The van der Waals surface area contributed by atoms with Gasteiger partial charge in [-0.25, -0.2) is 8.78 Å². The predicted octanol–water partition coefficient (Wildman–Crippen LogP) is 6.08. The van der Waals surface area contributed by atoms with E-state index >= 15 is 0 Å². The van der Waals surface area contributed by atoms with Crippen LogP contribution in [-0.2, 0) is 0 Å². The summed E-state index contributed by atoms with van der Waals surface area (Å²) >= 11 is 0. The fourth-order valence-electron chi connectivity index (χ4n) is 5.19. The van der Waals surface area contributed by atoms with E-state index < -0.39 is 0 Å². The van der Waals surface area contributed by atoms with E-state index in [-0.39, 0.29) is 11.6 Å². The molecule has 2 bridgehead atoms. The number of anilines is 2. The molecule has 28 heavy (non-hydrogen) atoms. The summed E-state index contributed by atoms with van der Waals surface area (Å²) in [4.78, 5) is 3.65. The van der Waals surface area contributed by atoms with Crippen LogP contribution in [0.2, 0.25) is 0 Å². The maximum Gasteiger partial charge on any atom is 0.125 e. The largest absolute Gasteiger partial charge is 0.387 e. The Morgan fingerprint density at radius 1 is 0.786 bits per heavy atom. The lowest BCUT2D eigenvalue weighted by Gasteiger charge is -2.15. The summed E-state index contributed by atoms with van der Waals surface area (Å²) in [6.45, 7) is 0. The van der Waals surface area contributed by atoms with Crippen molar-refractivity contribution in [1.82, 2.24) is 4.98 Å². The molecule has 2 atom stereocenters. The van der Waals surface area contributed by atoms with Crippen LogP contribution in [0.15, 0.2) is 36.4 Å². The zero-order valence-electron chi connectivity index (χ0n) is 16.0. The van der Waals surface area contributed by atoms with Crippen molar-refractivity contribution in [3.63, 3.8) is 0 Å². The van der Waals surface area contributed by atoms with Crippen LogP contribution in [0, 0.1) is 11.6 Å². The topological polar surface area (TPSA) is 39.9 Å². The highest BCUT2D eigenvalue weighted by atomic mass is 19.1. The first-order valence-corrected chi connectivity index (χ1v) is 9.81. The van der Waals surface area contributed by atoms with Crippen LogP contribution in [0.25, 0.3) is 22.5 Å².